The number of fused-ring (bicyclic) bond motifs is 1. The van der Waals surface area contributed by atoms with E-state index in [-0.39, 0.29) is 11.9 Å². The van der Waals surface area contributed by atoms with Gasteiger partial charge in [-0.3, -0.25) is 4.79 Å². The second kappa shape index (κ2) is 8.07. The van der Waals surface area contributed by atoms with Crippen LogP contribution < -0.4 is 10.2 Å². The second-order valence-electron chi connectivity index (χ2n) is 7.89. The predicted octanol–water partition coefficient (Wildman–Crippen LogP) is 4.38. The number of rotatable bonds is 5. The van der Waals surface area contributed by atoms with E-state index in [1.165, 1.54) is 12.8 Å². The van der Waals surface area contributed by atoms with Crippen molar-refractivity contribution in [2.45, 2.75) is 32.7 Å². The Balaban J connectivity index is 1.37. The van der Waals surface area contributed by atoms with Crippen LogP contribution in [0.1, 0.15) is 43.1 Å². The zero-order valence-electron chi connectivity index (χ0n) is 17.4. The Morgan fingerprint density at radius 2 is 1.97 bits per heavy atom. The van der Waals surface area contributed by atoms with E-state index in [0.29, 0.717) is 22.9 Å². The molecule has 1 aliphatic rings. The summed E-state index contributed by atoms with van der Waals surface area (Å²) < 4.78 is 2.96. The molecule has 1 aliphatic heterocycles. The lowest BCUT2D eigenvalue weighted by atomic mass is 10.2. The fraction of sp³-hybridized carbons (Fsp3) is 0.318. The molecule has 1 aromatic carbocycles. The summed E-state index contributed by atoms with van der Waals surface area (Å²) in [4.78, 5) is 24.5. The summed E-state index contributed by atoms with van der Waals surface area (Å²) in [6, 6.07) is 11.3. The van der Waals surface area contributed by atoms with E-state index in [9.17, 15) is 4.79 Å². The molecular weight excluding hydrogens is 410 g/mol. The highest BCUT2D eigenvalue weighted by molar-refractivity contribution is 7.22. The molecule has 0 spiro atoms. The van der Waals surface area contributed by atoms with Gasteiger partial charge in [-0.1, -0.05) is 17.4 Å². The Bertz CT molecular complexity index is 1240. The van der Waals surface area contributed by atoms with Crippen molar-refractivity contribution in [1.29, 1.82) is 0 Å². The largest absolute Gasteiger partial charge is 0.348 e. The zero-order chi connectivity index (χ0) is 21.4. The van der Waals surface area contributed by atoms with Gasteiger partial charge in [0.15, 0.2) is 11.0 Å². The summed E-state index contributed by atoms with van der Waals surface area (Å²) in [5.41, 5.74) is 2.18. The molecule has 0 atom stereocenters. The minimum Gasteiger partial charge on any atom is -0.348 e. The molecule has 1 amide bonds. The summed E-state index contributed by atoms with van der Waals surface area (Å²) in [7, 11) is 0. The molecule has 4 heterocycles. The number of carbonyl (C=O) groups excluding carboxylic acids is 1. The van der Waals surface area contributed by atoms with E-state index in [1.54, 1.807) is 23.7 Å². The maximum atomic E-state index is 12.9. The first-order valence-electron chi connectivity index (χ1n) is 10.4. The highest BCUT2D eigenvalue weighted by Crippen LogP contribution is 2.31. The number of pyridine rings is 1. The van der Waals surface area contributed by atoms with Crippen molar-refractivity contribution in [3.05, 3.63) is 48.3 Å². The van der Waals surface area contributed by atoms with Crippen LogP contribution in [0.3, 0.4) is 0 Å². The van der Waals surface area contributed by atoms with Gasteiger partial charge in [-0.15, -0.1) is 10.2 Å². The molecule has 0 unspecified atom stereocenters. The number of aromatic nitrogens is 5. The average molecular weight is 434 g/mol. The number of nitrogens with one attached hydrogen (secondary N) is 1. The highest BCUT2D eigenvalue weighted by Gasteiger charge is 2.18. The summed E-state index contributed by atoms with van der Waals surface area (Å²) in [5.74, 6) is 0.947. The van der Waals surface area contributed by atoms with Crippen molar-refractivity contribution in [2.75, 3.05) is 23.3 Å². The van der Waals surface area contributed by atoms with Crippen LogP contribution >= 0.6 is 11.3 Å². The van der Waals surface area contributed by atoms with Gasteiger partial charge in [-0.2, -0.15) is 0 Å². The molecule has 1 N–H and O–H groups in total. The maximum absolute atomic E-state index is 12.9. The second-order valence-corrected chi connectivity index (χ2v) is 8.90. The minimum atomic E-state index is -0.201. The lowest BCUT2D eigenvalue weighted by molar-refractivity contribution is 0.102. The molecule has 0 aliphatic carbocycles. The van der Waals surface area contributed by atoms with Gasteiger partial charge in [0.05, 0.1) is 10.2 Å². The van der Waals surface area contributed by atoms with Crippen molar-refractivity contribution < 1.29 is 4.79 Å². The monoisotopic (exact) mass is 433 g/mol. The average Bonchev–Trinajstić information content (AvgIpc) is 3.53. The zero-order valence-corrected chi connectivity index (χ0v) is 18.3. The molecule has 9 heteroatoms. The smallest absolute Gasteiger partial charge is 0.256 e. The Morgan fingerprint density at radius 1 is 1.13 bits per heavy atom. The summed E-state index contributed by atoms with van der Waals surface area (Å²) >= 11 is 1.64. The molecule has 0 bridgehead atoms. The molecule has 5 rings (SSSR count). The van der Waals surface area contributed by atoms with Crippen LogP contribution in [0.4, 0.5) is 10.9 Å². The summed E-state index contributed by atoms with van der Waals surface area (Å²) in [6.07, 6.45) is 4.11. The highest BCUT2D eigenvalue weighted by atomic mass is 32.1. The van der Waals surface area contributed by atoms with Crippen LogP contribution in [0, 0.1) is 0 Å². The standard InChI is InChI=1S/C22H23N7OS/c1-14(2)29-13-23-27-20(29)17-6-5-7-19(24-17)26-21(30)15-8-9-16-18(12-15)31-22(25-16)28-10-3-4-11-28/h5-9,12-14H,3-4,10-11H2,1-2H3,(H,24,26,30). The van der Waals surface area contributed by atoms with Crippen molar-refractivity contribution in [3.63, 3.8) is 0 Å². The number of thiazole rings is 1. The molecular formula is C22H23N7OS. The Labute approximate surface area is 184 Å². The quantitative estimate of drug-likeness (QED) is 0.502. The summed E-state index contributed by atoms with van der Waals surface area (Å²) in [6.45, 7) is 6.23. The molecule has 158 valence electrons. The van der Waals surface area contributed by atoms with Gasteiger partial charge in [0.1, 0.15) is 17.8 Å². The van der Waals surface area contributed by atoms with Crippen molar-refractivity contribution in [3.8, 4) is 11.5 Å². The lowest BCUT2D eigenvalue weighted by Crippen LogP contribution is -2.16. The number of hydrogen-bond donors (Lipinski definition) is 1. The first-order chi connectivity index (χ1) is 15.1. The number of hydrogen-bond acceptors (Lipinski definition) is 7. The number of carbonyl (C=O) groups is 1. The SMILES string of the molecule is CC(C)n1cnnc1-c1cccc(NC(=O)c2ccc3nc(N4CCCC4)sc3c2)n1. The number of nitrogens with zero attached hydrogens (tertiary/aromatic N) is 6. The predicted molar refractivity (Wildman–Crippen MR) is 123 cm³/mol. The molecule has 3 aromatic heterocycles. The fourth-order valence-corrected chi connectivity index (χ4v) is 4.78. The van der Waals surface area contributed by atoms with Gasteiger partial charge in [-0.05, 0) is 57.0 Å². The topological polar surface area (TPSA) is 88.8 Å². The van der Waals surface area contributed by atoms with E-state index < -0.39 is 0 Å². The Morgan fingerprint density at radius 3 is 2.77 bits per heavy atom. The van der Waals surface area contributed by atoms with Gasteiger partial charge in [0.25, 0.3) is 5.91 Å². The van der Waals surface area contributed by atoms with Gasteiger partial charge in [-0.25, -0.2) is 9.97 Å². The Kier molecular flexibility index (Phi) is 5.11. The van der Waals surface area contributed by atoms with E-state index in [0.717, 1.165) is 28.4 Å². The maximum Gasteiger partial charge on any atom is 0.256 e. The Hall–Kier alpha value is -3.33. The molecule has 0 radical (unpaired) electrons. The van der Waals surface area contributed by atoms with Crippen LogP contribution in [0.15, 0.2) is 42.7 Å². The lowest BCUT2D eigenvalue weighted by Gasteiger charge is -2.11. The fourth-order valence-electron chi connectivity index (χ4n) is 3.72. The van der Waals surface area contributed by atoms with Crippen LogP contribution in [-0.2, 0) is 0 Å². The number of anilines is 2. The third-order valence-electron chi connectivity index (χ3n) is 5.37. The number of amides is 1. The third-order valence-corrected chi connectivity index (χ3v) is 6.44. The van der Waals surface area contributed by atoms with Gasteiger partial charge >= 0.3 is 0 Å². The van der Waals surface area contributed by atoms with E-state index in [1.807, 2.05) is 34.9 Å². The molecule has 1 fully saturated rings. The third kappa shape index (κ3) is 3.88. The molecule has 31 heavy (non-hydrogen) atoms. The molecule has 4 aromatic rings. The minimum absolute atomic E-state index is 0.201. The van der Waals surface area contributed by atoms with Crippen molar-refractivity contribution in [1.82, 2.24) is 24.7 Å². The van der Waals surface area contributed by atoms with Crippen molar-refractivity contribution in [2.24, 2.45) is 0 Å². The summed E-state index contributed by atoms with van der Waals surface area (Å²) in [5, 5.41) is 12.1. The van der Waals surface area contributed by atoms with Crippen LogP contribution in [0.25, 0.3) is 21.7 Å². The van der Waals surface area contributed by atoms with Gasteiger partial charge in [0.2, 0.25) is 0 Å². The van der Waals surface area contributed by atoms with Crippen molar-refractivity contribution >= 4 is 38.4 Å². The van der Waals surface area contributed by atoms with E-state index >= 15 is 0 Å². The van der Waals surface area contributed by atoms with Gasteiger partial charge in [0, 0.05) is 24.7 Å². The normalized spacial score (nSPS) is 14.0. The molecule has 1 saturated heterocycles. The van der Waals surface area contributed by atoms with Crippen LogP contribution in [-0.4, -0.2) is 43.7 Å². The molecule has 8 nitrogen and oxygen atoms in total. The van der Waals surface area contributed by atoms with E-state index in [4.69, 9.17) is 4.98 Å². The van der Waals surface area contributed by atoms with E-state index in [2.05, 4.69) is 39.2 Å². The van der Waals surface area contributed by atoms with Crippen LogP contribution in [0.5, 0.6) is 0 Å². The van der Waals surface area contributed by atoms with Crippen LogP contribution in [0.2, 0.25) is 0 Å². The van der Waals surface area contributed by atoms with Gasteiger partial charge < -0.3 is 14.8 Å². The first-order valence-corrected chi connectivity index (χ1v) is 11.2. The molecule has 0 saturated carbocycles. The first kappa shape index (κ1) is 19.6. The number of benzene rings is 1.